The summed E-state index contributed by atoms with van der Waals surface area (Å²) >= 11 is 0. The number of hydrogen-bond donors (Lipinski definition) is 0. The van der Waals surface area contributed by atoms with E-state index in [1.54, 1.807) is 0 Å². The summed E-state index contributed by atoms with van der Waals surface area (Å²) < 4.78 is 0. The van der Waals surface area contributed by atoms with Crippen molar-refractivity contribution in [1.82, 2.24) is 24.9 Å². The van der Waals surface area contributed by atoms with Crippen LogP contribution in [0, 0.1) is 0 Å². The molecule has 5 nitrogen and oxygen atoms in total. The SMILES string of the molecule is CC(C)c1cc(C(C)C)cc(C(C)C)c1.CC(C)c1cc(C(C)C)nc(C(C)C)c1.CC(C)c1cc(C(C)C)nc(C(C)C)c1.CC(C)c1cc(C(C)C)nc(C(C)C)c1.CC(C)c1cc(C(C)C)nc(C(C)C)n1. The topological polar surface area (TPSA) is 64.5 Å². The molecule has 0 aliphatic carbocycles. The quantitative estimate of drug-likeness (QED) is 0.105. The predicted molar refractivity (Wildman–Crippen MR) is 333 cm³/mol. The summed E-state index contributed by atoms with van der Waals surface area (Å²) in [5.74, 6) is 9.06. The molecule has 0 aliphatic heterocycles. The molecule has 0 aliphatic rings. The van der Waals surface area contributed by atoms with Crippen molar-refractivity contribution in [3.63, 3.8) is 0 Å². The van der Waals surface area contributed by atoms with Gasteiger partial charge in [-0.15, -0.1) is 0 Å². The predicted octanol–water partition coefficient (Wildman–Crippen LogP) is 22.3. The van der Waals surface area contributed by atoms with Crippen molar-refractivity contribution in [1.29, 1.82) is 0 Å². The molecule has 0 saturated carbocycles. The molecular formula is C70H115N5. The van der Waals surface area contributed by atoms with E-state index >= 15 is 0 Å². The average Bonchev–Trinajstić information content (AvgIpc) is 3.33. The van der Waals surface area contributed by atoms with Crippen LogP contribution < -0.4 is 0 Å². The van der Waals surface area contributed by atoms with Crippen LogP contribution in [0.25, 0.3) is 0 Å². The molecule has 4 heterocycles. The molecule has 0 N–H and O–H groups in total. The molecule has 1 aromatic carbocycles. The Labute approximate surface area is 464 Å². The summed E-state index contributed by atoms with van der Waals surface area (Å²) in [6.45, 7) is 66.5. The van der Waals surface area contributed by atoms with Gasteiger partial charge in [0.1, 0.15) is 5.82 Å². The van der Waals surface area contributed by atoms with Gasteiger partial charge in [0.05, 0.1) is 0 Å². The van der Waals surface area contributed by atoms with Crippen LogP contribution in [0.2, 0.25) is 0 Å². The first kappa shape index (κ1) is 68.8. The van der Waals surface area contributed by atoms with Crippen LogP contribution in [0.3, 0.4) is 0 Å². The van der Waals surface area contributed by atoms with Crippen LogP contribution >= 0.6 is 0 Å². The van der Waals surface area contributed by atoms with Gasteiger partial charge in [0.15, 0.2) is 0 Å². The summed E-state index contributed by atoms with van der Waals surface area (Å²) in [6.07, 6.45) is 0. The number of nitrogens with zero attached hydrogens (tertiary/aromatic N) is 5. The number of aromatic nitrogens is 5. The maximum Gasteiger partial charge on any atom is 0.131 e. The Morgan fingerprint density at radius 3 is 0.440 bits per heavy atom. The van der Waals surface area contributed by atoms with Gasteiger partial charge in [0.2, 0.25) is 0 Å². The molecule has 5 rings (SSSR count). The highest BCUT2D eigenvalue weighted by atomic mass is 14.9. The summed E-state index contributed by atoms with van der Waals surface area (Å²) in [4.78, 5) is 23.4. The fourth-order valence-electron chi connectivity index (χ4n) is 7.62. The number of benzene rings is 1. The first-order valence-corrected chi connectivity index (χ1v) is 29.7. The zero-order chi connectivity index (χ0) is 57.9. The molecule has 0 atom stereocenters. The largest absolute Gasteiger partial charge is 0.257 e. The summed E-state index contributed by atoms with van der Waals surface area (Å²) in [6, 6.07) is 22.7. The van der Waals surface area contributed by atoms with Gasteiger partial charge in [-0.2, -0.15) is 0 Å². The Hall–Kier alpha value is -4.25. The van der Waals surface area contributed by atoms with Gasteiger partial charge < -0.3 is 0 Å². The number of rotatable bonds is 15. The fraction of sp³-hybridized carbons (Fsp3) is 0.643. The second kappa shape index (κ2) is 32.5. The van der Waals surface area contributed by atoms with Crippen molar-refractivity contribution >= 4 is 0 Å². The second-order valence-corrected chi connectivity index (χ2v) is 26.1. The van der Waals surface area contributed by atoms with Gasteiger partial charge >= 0.3 is 0 Å². The van der Waals surface area contributed by atoms with Gasteiger partial charge in [0.25, 0.3) is 0 Å². The third kappa shape index (κ3) is 23.9. The minimum absolute atomic E-state index is 0.404. The highest BCUT2D eigenvalue weighted by Crippen LogP contribution is 2.29. The van der Waals surface area contributed by atoms with Gasteiger partial charge in [-0.3, -0.25) is 15.0 Å². The van der Waals surface area contributed by atoms with Gasteiger partial charge in [-0.05, 0) is 159 Å². The Morgan fingerprint density at radius 1 is 0.160 bits per heavy atom. The normalized spacial score (nSPS) is 11.8. The molecule has 75 heavy (non-hydrogen) atoms. The van der Waals surface area contributed by atoms with E-state index in [9.17, 15) is 0 Å². The molecule has 0 saturated heterocycles. The van der Waals surface area contributed by atoms with Crippen molar-refractivity contribution in [3.8, 4) is 0 Å². The van der Waals surface area contributed by atoms with Crippen LogP contribution in [0.4, 0.5) is 0 Å². The van der Waals surface area contributed by atoms with E-state index in [0.717, 1.165) is 17.2 Å². The molecule has 0 spiro atoms. The second-order valence-electron chi connectivity index (χ2n) is 26.1. The smallest absolute Gasteiger partial charge is 0.131 e. The highest BCUT2D eigenvalue weighted by Gasteiger charge is 2.15. The minimum Gasteiger partial charge on any atom is -0.257 e. The zero-order valence-electron chi connectivity index (χ0n) is 54.2. The van der Waals surface area contributed by atoms with Crippen LogP contribution in [0.15, 0.2) is 60.7 Å². The Morgan fingerprint density at radius 2 is 0.307 bits per heavy atom. The highest BCUT2D eigenvalue weighted by molar-refractivity contribution is 5.35. The maximum absolute atomic E-state index is 4.71. The molecule has 0 bridgehead atoms. The summed E-state index contributed by atoms with van der Waals surface area (Å²) in [5, 5.41) is 0. The van der Waals surface area contributed by atoms with Gasteiger partial charge in [-0.1, -0.05) is 226 Å². The summed E-state index contributed by atoms with van der Waals surface area (Å²) in [7, 11) is 0. The molecular weight excluding hydrogens is 911 g/mol. The first-order chi connectivity index (χ1) is 34.6. The van der Waals surface area contributed by atoms with E-state index in [1.165, 1.54) is 67.5 Å². The Bertz CT molecular complexity index is 1690. The maximum atomic E-state index is 4.71. The Balaban J connectivity index is 0.000000469. The molecule has 4 aromatic heterocycles. The van der Waals surface area contributed by atoms with E-state index in [-0.39, 0.29) is 0 Å². The molecule has 0 radical (unpaired) electrons. The van der Waals surface area contributed by atoms with Crippen molar-refractivity contribution in [3.05, 3.63) is 145 Å². The number of hydrogen-bond acceptors (Lipinski definition) is 5. The van der Waals surface area contributed by atoms with E-state index in [2.05, 4.69) is 278 Å². The lowest BCUT2D eigenvalue weighted by atomic mass is 9.90. The van der Waals surface area contributed by atoms with Crippen LogP contribution in [0.5, 0.6) is 0 Å². The fourth-order valence-corrected chi connectivity index (χ4v) is 7.62. The van der Waals surface area contributed by atoms with Gasteiger partial charge in [-0.25, -0.2) is 9.97 Å². The van der Waals surface area contributed by atoms with E-state index in [4.69, 9.17) is 15.0 Å². The van der Waals surface area contributed by atoms with Crippen molar-refractivity contribution < 1.29 is 0 Å². The van der Waals surface area contributed by atoms with E-state index in [0.29, 0.717) is 88.8 Å². The molecule has 0 amide bonds. The van der Waals surface area contributed by atoms with E-state index < -0.39 is 0 Å². The van der Waals surface area contributed by atoms with Crippen LogP contribution in [-0.2, 0) is 0 Å². The zero-order valence-corrected chi connectivity index (χ0v) is 54.2. The lowest BCUT2D eigenvalue weighted by Crippen LogP contribution is -2.07. The third-order valence-electron chi connectivity index (χ3n) is 13.7. The molecule has 5 heteroatoms. The standard InChI is InChI=1S/C15H24.3C14H23N.C13H22N2/c1-10(2)13-7-14(11(3)4)9-15(8-13)12(5)6;3*1-9(2)12-7-13(10(3)4)15-14(8-12)11(5)6;1-8(2)11-7-12(9(3)4)15-13(14-11)10(5)6/h7-12H,1-6H3;3*7-11H,1-6H3;7-10H,1-6H3. The average molecular weight is 1030 g/mol. The molecule has 0 fully saturated rings. The monoisotopic (exact) mass is 1030 g/mol. The first-order valence-electron chi connectivity index (χ1n) is 29.7. The van der Waals surface area contributed by atoms with Crippen molar-refractivity contribution in [2.24, 2.45) is 0 Å². The Kier molecular flexibility index (Phi) is 29.8. The molecule has 420 valence electrons. The molecule has 5 aromatic rings. The van der Waals surface area contributed by atoms with Crippen molar-refractivity contribution in [2.75, 3.05) is 0 Å². The third-order valence-corrected chi connectivity index (χ3v) is 13.7. The van der Waals surface area contributed by atoms with Gasteiger partial charge in [0, 0.05) is 51.5 Å². The summed E-state index contributed by atoms with van der Waals surface area (Å²) in [5.41, 5.74) is 18.4. The number of pyridine rings is 3. The van der Waals surface area contributed by atoms with Crippen LogP contribution in [0.1, 0.15) is 381 Å². The lowest BCUT2D eigenvalue weighted by molar-refractivity contribution is 0.695. The lowest BCUT2D eigenvalue weighted by Gasteiger charge is -2.16. The van der Waals surface area contributed by atoms with Crippen molar-refractivity contribution in [2.45, 2.75) is 296 Å². The van der Waals surface area contributed by atoms with E-state index in [1.807, 2.05) is 0 Å². The van der Waals surface area contributed by atoms with Crippen LogP contribution in [-0.4, -0.2) is 24.9 Å². The molecule has 0 unspecified atom stereocenters. The minimum atomic E-state index is 0.404.